The third-order valence-corrected chi connectivity index (χ3v) is 2.73. The van der Waals surface area contributed by atoms with Gasteiger partial charge in [0.2, 0.25) is 0 Å². The molecule has 0 aliphatic heterocycles. The molecule has 6 nitrogen and oxygen atoms in total. The van der Waals surface area contributed by atoms with Crippen LogP contribution in [0.3, 0.4) is 0 Å². The highest BCUT2D eigenvalue weighted by Gasteiger charge is 2.33. The van der Waals surface area contributed by atoms with E-state index in [0.29, 0.717) is 0 Å². The molecule has 122 valence electrons. The van der Waals surface area contributed by atoms with Gasteiger partial charge in [-0.05, 0) is 18.1 Å². The lowest BCUT2D eigenvalue weighted by Gasteiger charge is -2.18. The van der Waals surface area contributed by atoms with E-state index in [4.69, 9.17) is 5.11 Å². The smallest absolute Gasteiger partial charge is 0.479 e. The highest BCUT2D eigenvalue weighted by atomic mass is 19.4. The highest BCUT2D eigenvalue weighted by Crippen LogP contribution is 2.32. The van der Waals surface area contributed by atoms with Crippen LogP contribution in [0, 0.1) is 0 Å². The van der Waals surface area contributed by atoms with Gasteiger partial charge < -0.3 is 19.7 Å². The van der Waals surface area contributed by atoms with Crippen molar-refractivity contribution in [2.45, 2.75) is 25.3 Å². The Balaban J connectivity index is 3.23. The maximum atomic E-state index is 12.4. The average molecular weight is 322 g/mol. The molecule has 1 aromatic rings. The van der Waals surface area contributed by atoms with Crippen LogP contribution in [0.5, 0.6) is 5.75 Å². The molecule has 0 bridgehead atoms. The first kappa shape index (κ1) is 17.8. The summed E-state index contributed by atoms with van der Waals surface area (Å²) in [6, 6.07) is 3.23. The highest BCUT2D eigenvalue weighted by molar-refractivity contribution is 5.75. The van der Waals surface area contributed by atoms with Crippen molar-refractivity contribution in [2.75, 3.05) is 7.11 Å². The summed E-state index contributed by atoms with van der Waals surface area (Å²) in [5, 5.41) is 18.4. The number of rotatable bonds is 6. The Morgan fingerprint density at radius 1 is 1.32 bits per heavy atom. The van der Waals surface area contributed by atoms with Crippen LogP contribution in [0.15, 0.2) is 18.2 Å². The van der Waals surface area contributed by atoms with Crippen molar-refractivity contribution in [1.82, 2.24) is 0 Å². The number of ether oxygens (including phenoxy) is 2. The summed E-state index contributed by atoms with van der Waals surface area (Å²) in [6.45, 7) is 0. The number of aliphatic hydroxyl groups excluding tert-OH is 1. The second-order valence-electron chi connectivity index (χ2n) is 4.19. The summed E-state index contributed by atoms with van der Waals surface area (Å²) >= 11 is 0. The van der Waals surface area contributed by atoms with Crippen LogP contribution in [0.2, 0.25) is 0 Å². The van der Waals surface area contributed by atoms with E-state index in [0.717, 1.165) is 25.3 Å². The third kappa shape index (κ3) is 4.92. The van der Waals surface area contributed by atoms with E-state index in [9.17, 15) is 27.9 Å². The van der Waals surface area contributed by atoms with Gasteiger partial charge >= 0.3 is 18.3 Å². The Kier molecular flexibility index (Phi) is 5.75. The molecule has 0 fully saturated rings. The molecule has 0 saturated carbocycles. The number of esters is 1. The minimum atomic E-state index is -4.99. The second-order valence-corrected chi connectivity index (χ2v) is 4.19. The van der Waals surface area contributed by atoms with E-state index < -0.39 is 30.2 Å². The number of alkyl halides is 3. The van der Waals surface area contributed by atoms with Crippen molar-refractivity contribution in [3.63, 3.8) is 0 Å². The van der Waals surface area contributed by atoms with E-state index >= 15 is 0 Å². The molecule has 0 radical (unpaired) electrons. The Morgan fingerprint density at radius 3 is 2.45 bits per heavy atom. The van der Waals surface area contributed by atoms with Gasteiger partial charge in [0, 0.05) is 12.0 Å². The molecule has 1 unspecified atom stereocenters. The molecule has 9 heteroatoms. The first-order valence-corrected chi connectivity index (χ1v) is 6.01. The maximum Gasteiger partial charge on any atom is 0.573 e. The summed E-state index contributed by atoms with van der Waals surface area (Å²) < 4.78 is 45.3. The number of carboxylic acid groups (broad SMARTS) is 1. The number of carboxylic acids is 1. The van der Waals surface area contributed by atoms with Gasteiger partial charge in [0.05, 0.1) is 7.11 Å². The summed E-state index contributed by atoms with van der Waals surface area (Å²) in [4.78, 5) is 22.0. The van der Waals surface area contributed by atoms with Gasteiger partial charge in [-0.25, -0.2) is 4.79 Å². The van der Waals surface area contributed by atoms with Gasteiger partial charge in [-0.15, -0.1) is 13.2 Å². The zero-order chi connectivity index (χ0) is 16.9. The number of hydrogen-bond acceptors (Lipinski definition) is 5. The first-order valence-electron chi connectivity index (χ1n) is 6.01. The number of carbonyl (C=O) groups excluding carboxylic acids is 1. The van der Waals surface area contributed by atoms with E-state index in [-0.39, 0.29) is 24.0 Å². The van der Waals surface area contributed by atoms with E-state index in [1.807, 2.05) is 0 Å². The monoisotopic (exact) mass is 322 g/mol. The van der Waals surface area contributed by atoms with Crippen molar-refractivity contribution in [2.24, 2.45) is 0 Å². The van der Waals surface area contributed by atoms with Crippen LogP contribution in [-0.2, 0) is 20.7 Å². The fraction of sp³-hybridized carbons (Fsp3) is 0.385. The Morgan fingerprint density at radius 2 is 1.95 bits per heavy atom. The Hall–Kier alpha value is -2.29. The Bertz CT molecular complexity index is 555. The number of hydrogen-bond donors (Lipinski definition) is 2. The molecule has 2 N–H and O–H groups in total. The van der Waals surface area contributed by atoms with Gasteiger partial charge in [0.25, 0.3) is 0 Å². The number of halogens is 3. The SMILES string of the molecule is COC(=O)CCc1c(OC(F)(F)F)cccc1C(O)C(=O)O. The van der Waals surface area contributed by atoms with Crippen molar-refractivity contribution in [3.8, 4) is 5.75 Å². The van der Waals surface area contributed by atoms with Gasteiger partial charge in [-0.1, -0.05) is 12.1 Å². The molecule has 0 aromatic heterocycles. The van der Waals surface area contributed by atoms with Crippen molar-refractivity contribution < 1.29 is 42.4 Å². The molecule has 0 aliphatic rings. The largest absolute Gasteiger partial charge is 0.573 e. The molecule has 0 amide bonds. The van der Waals surface area contributed by atoms with Gasteiger partial charge in [0.15, 0.2) is 6.10 Å². The van der Waals surface area contributed by atoms with Crippen LogP contribution < -0.4 is 4.74 Å². The standard InChI is InChI=1S/C13H13F3O6/c1-21-10(17)6-5-7-8(11(18)12(19)20)3-2-4-9(7)22-13(14,15)16/h2-4,11,18H,5-6H2,1H3,(H,19,20). The molecule has 22 heavy (non-hydrogen) atoms. The van der Waals surface area contributed by atoms with E-state index in [1.165, 1.54) is 0 Å². The minimum absolute atomic E-state index is 0.222. The fourth-order valence-electron chi connectivity index (χ4n) is 1.79. The van der Waals surface area contributed by atoms with Gasteiger partial charge in [-0.2, -0.15) is 0 Å². The second kappa shape index (κ2) is 7.12. The molecule has 0 aliphatic carbocycles. The van der Waals surface area contributed by atoms with Crippen LogP contribution in [0.1, 0.15) is 23.7 Å². The number of aliphatic carboxylic acids is 1. The minimum Gasteiger partial charge on any atom is -0.479 e. The number of carbonyl (C=O) groups is 2. The molecular formula is C13H13F3O6. The van der Waals surface area contributed by atoms with Crippen molar-refractivity contribution in [1.29, 1.82) is 0 Å². The van der Waals surface area contributed by atoms with E-state index in [2.05, 4.69) is 9.47 Å². The van der Waals surface area contributed by atoms with Crippen LogP contribution in [-0.4, -0.2) is 35.6 Å². The van der Waals surface area contributed by atoms with Gasteiger partial charge in [0.1, 0.15) is 5.75 Å². The van der Waals surface area contributed by atoms with Crippen LogP contribution in [0.25, 0.3) is 0 Å². The first-order chi connectivity index (χ1) is 10.2. The number of benzene rings is 1. The zero-order valence-electron chi connectivity index (χ0n) is 11.4. The quantitative estimate of drug-likeness (QED) is 0.776. The summed E-state index contributed by atoms with van der Waals surface area (Å²) in [7, 11) is 1.10. The average Bonchev–Trinajstić information content (AvgIpc) is 2.42. The zero-order valence-corrected chi connectivity index (χ0v) is 11.4. The predicted octanol–water partition coefficient (Wildman–Crippen LogP) is 1.81. The Labute approximate surface area is 123 Å². The number of aliphatic hydroxyl groups is 1. The molecule has 0 saturated heterocycles. The molecular weight excluding hydrogens is 309 g/mol. The normalized spacial score (nSPS) is 12.6. The predicted molar refractivity (Wildman–Crippen MR) is 66.1 cm³/mol. The van der Waals surface area contributed by atoms with Gasteiger partial charge in [-0.3, -0.25) is 4.79 Å². The maximum absolute atomic E-state index is 12.4. The molecule has 0 spiro atoms. The topological polar surface area (TPSA) is 93.1 Å². The molecule has 1 aromatic carbocycles. The third-order valence-electron chi connectivity index (χ3n) is 2.73. The van der Waals surface area contributed by atoms with Crippen LogP contribution in [0.4, 0.5) is 13.2 Å². The lowest BCUT2D eigenvalue weighted by atomic mass is 9.97. The summed E-state index contributed by atoms with van der Waals surface area (Å²) in [5.74, 6) is -3.00. The lowest BCUT2D eigenvalue weighted by molar-refractivity contribution is -0.274. The van der Waals surface area contributed by atoms with Crippen LogP contribution >= 0.6 is 0 Å². The van der Waals surface area contributed by atoms with Crippen molar-refractivity contribution >= 4 is 11.9 Å². The molecule has 0 heterocycles. The molecule has 1 atom stereocenters. The number of methoxy groups -OCH3 is 1. The fourth-order valence-corrected chi connectivity index (χ4v) is 1.79. The molecule has 1 rings (SSSR count). The lowest BCUT2D eigenvalue weighted by Crippen LogP contribution is -2.20. The van der Waals surface area contributed by atoms with Crippen molar-refractivity contribution in [3.05, 3.63) is 29.3 Å². The summed E-state index contributed by atoms with van der Waals surface area (Å²) in [6.07, 6.45) is -7.61. The van der Waals surface area contributed by atoms with E-state index in [1.54, 1.807) is 0 Å². The summed E-state index contributed by atoms with van der Waals surface area (Å²) in [5.41, 5.74) is -0.502.